The first kappa shape index (κ1) is 14.4. The van der Waals surface area contributed by atoms with E-state index in [2.05, 4.69) is 17.3 Å². The van der Waals surface area contributed by atoms with E-state index < -0.39 is 0 Å². The van der Waals surface area contributed by atoms with Crippen molar-refractivity contribution in [2.75, 3.05) is 6.54 Å². The Bertz CT molecular complexity index is 276. The Morgan fingerprint density at radius 3 is 2.73 bits per heavy atom. The molecule has 0 aliphatic heterocycles. The van der Waals surface area contributed by atoms with Gasteiger partial charge in [-0.25, -0.2) is 4.68 Å². The fourth-order valence-corrected chi connectivity index (χ4v) is 1.27. The van der Waals surface area contributed by atoms with Crippen molar-refractivity contribution >= 4 is 12.4 Å². The molecule has 1 N–H and O–H groups in total. The molecule has 1 rings (SSSR count). The lowest BCUT2D eigenvalue weighted by atomic mass is 10.3. The number of rotatable bonds is 6. The van der Waals surface area contributed by atoms with Gasteiger partial charge in [0, 0.05) is 18.7 Å². The van der Waals surface area contributed by atoms with Crippen molar-refractivity contribution in [1.82, 2.24) is 15.1 Å². The van der Waals surface area contributed by atoms with Crippen LogP contribution in [0.3, 0.4) is 0 Å². The molecule has 1 aromatic rings. The molecule has 0 radical (unpaired) electrons. The molecule has 0 aliphatic carbocycles. The van der Waals surface area contributed by atoms with E-state index >= 15 is 0 Å². The highest BCUT2D eigenvalue weighted by Crippen LogP contribution is 2.05. The lowest BCUT2D eigenvalue weighted by Gasteiger charge is -2.01. The van der Waals surface area contributed by atoms with Gasteiger partial charge < -0.3 is 5.32 Å². The molecule has 0 aliphatic rings. The largest absolute Gasteiger partial charge is 0.312 e. The van der Waals surface area contributed by atoms with Gasteiger partial charge in [0.2, 0.25) is 5.95 Å². The smallest absolute Gasteiger partial charge is 0.215 e. The van der Waals surface area contributed by atoms with Crippen LogP contribution in [0.15, 0.2) is 6.20 Å². The van der Waals surface area contributed by atoms with Crippen LogP contribution in [-0.4, -0.2) is 16.3 Å². The average molecular weight is 236 g/mol. The maximum Gasteiger partial charge on any atom is 0.215 e. The van der Waals surface area contributed by atoms with Gasteiger partial charge in [-0.1, -0.05) is 13.3 Å². The van der Waals surface area contributed by atoms with Gasteiger partial charge in [-0.3, -0.25) is 0 Å². The Labute approximate surface area is 96.5 Å². The number of nitrogens with one attached hydrogen (secondary N) is 1. The molecule has 15 heavy (non-hydrogen) atoms. The molecule has 1 heterocycles. The summed E-state index contributed by atoms with van der Waals surface area (Å²) >= 11 is 0. The highest BCUT2D eigenvalue weighted by atomic mass is 35.5. The molecule has 1 aromatic heterocycles. The van der Waals surface area contributed by atoms with Crippen molar-refractivity contribution in [3.63, 3.8) is 0 Å². The van der Waals surface area contributed by atoms with Crippen molar-refractivity contribution in [3.05, 3.63) is 17.7 Å². The molecule has 0 unspecified atom stereocenters. The third-order valence-corrected chi connectivity index (χ3v) is 2.17. The van der Waals surface area contributed by atoms with E-state index in [4.69, 9.17) is 0 Å². The molecular weight excluding hydrogens is 217 g/mol. The Kier molecular flexibility index (Phi) is 7.34. The minimum Gasteiger partial charge on any atom is -0.312 e. The minimum atomic E-state index is -0.212. The maximum atomic E-state index is 13.4. The molecule has 0 spiro atoms. The Balaban J connectivity index is 0.00000196. The topological polar surface area (TPSA) is 29.9 Å². The Hall–Kier alpha value is -0.610. The molecule has 0 aromatic carbocycles. The predicted octanol–water partition coefficient (Wildman–Crippen LogP) is 2.35. The zero-order valence-corrected chi connectivity index (χ0v) is 10.1. The van der Waals surface area contributed by atoms with Gasteiger partial charge in [-0.2, -0.15) is 9.49 Å². The van der Waals surface area contributed by atoms with Gasteiger partial charge in [0.25, 0.3) is 0 Å². The lowest BCUT2D eigenvalue weighted by Crippen LogP contribution is -2.15. The van der Waals surface area contributed by atoms with Crippen LogP contribution in [0.5, 0.6) is 0 Å². The summed E-state index contributed by atoms with van der Waals surface area (Å²) in [6.45, 7) is 6.11. The van der Waals surface area contributed by atoms with Gasteiger partial charge in [-0.05, 0) is 19.9 Å². The molecule has 3 nitrogen and oxygen atoms in total. The lowest BCUT2D eigenvalue weighted by molar-refractivity contribution is 0.460. The summed E-state index contributed by atoms with van der Waals surface area (Å²) in [5, 5.41) is 7.12. The average Bonchev–Trinajstić information content (AvgIpc) is 2.55. The van der Waals surface area contributed by atoms with E-state index in [1.165, 1.54) is 4.68 Å². The molecule has 0 saturated heterocycles. The Morgan fingerprint density at radius 2 is 2.20 bits per heavy atom. The highest BCUT2D eigenvalue weighted by molar-refractivity contribution is 5.85. The second-order valence-corrected chi connectivity index (χ2v) is 3.31. The van der Waals surface area contributed by atoms with E-state index in [-0.39, 0.29) is 18.4 Å². The Morgan fingerprint density at radius 1 is 1.47 bits per heavy atom. The van der Waals surface area contributed by atoms with Crippen molar-refractivity contribution < 1.29 is 4.39 Å². The summed E-state index contributed by atoms with van der Waals surface area (Å²) in [7, 11) is 0. The quantitative estimate of drug-likeness (QED) is 0.768. The fraction of sp³-hybridized carbons (Fsp3) is 0.700. The van der Waals surface area contributed by atoms with Crippen LogP contribution in [0.1, 0.15) is 32.3 Å². The molecule has 5 heteroatoms. The van der Waals surface area contributed by atoms with Crippen molar-refractivity contribution in [2.24, 2.45) is 0 Å². The number of unbranched alkanes of at least 4 members (excludes halogenated alkanes) is 1. The summed E-state index contributed by atoms with van der Waals surface area (Å²) in [6.07, 6.45) is 3.88. The molecule has 88 valence electrons. The van der Waals surface area contributed by atoms with Gasteiger partial charge >= 0.3 is 0 Å². The van der Waals surface area contributed by atoms with E-state index in [1.807, 2.05) is 6.92 Å². The molecule has 0 amide bonds. The molecule has 0 bridgehead atoms. The first-order valence-corrected chi connectivity index (χ1v) is 5.20. The first-order valence-electron chi connectivity index (χ1n) is 5.20. The van der Waals surface area contributed by atoms with E-state index in [9.17, 15) is 4.39 Å². The number of nitrogens with zero attached hydrogens (tertiary/aromatic N) is 2. The second-order valence-electron chi connectivity index (χ2n) is 3.31. The van der Waals surface area contributed by atoms with Crippen LogP contribution in [0, 0.1) is 5.95 Å². The molecule has 0 atom stereocenters. The van der Waals surface area contributed by atoms with Gasteiger partial charge in [0.05, 0.1) is 6.20 Å². The van der Waals surface area contributed by atoms with Gasteiger partial charge in [0.1, 0.15) is 0 Å². The summed E-state index contributed by atoms with van der Waals surface area (Å²) in [4.78, 5) is 0. The predicted molar refractivity (Wildman–Crippen MR) is 61.7 cm³/mol. The van der Waals surface area contributed by atoms with Crippen molar-refractivity contribution in [1.29, 1.82) is 0 Å². The molecule has 0 fully saturated rings. The van der Waals surface area contributed by atoms with Crippen LogP contribution in [0.25, 0.3) is 0 Å². The normalized spacial score (nSPS) is 10.1. The fourth-order valence-electron chi connectivity index (χ4n) is 1.27. The minimum absolute atomic E-state index is 0. The van der Waals surface area contributed by atoms with Gasteiger partial charge in [0.15, 0.2) is 0 Å². The standard InChI is InChI=1S/C10H18FN3.ClH/c1-3-5-6-12-7-9-8-13-14(4-2)10(9)11;/h8,12H,3-7H2,1-2H3;1H. The van der Waals surface area contributed by atoms with Gasteiger partial charge in [-0.15, -0.1) is 12.4 Å². The third-order valence-electron chi connectivity index (χ3n) is 2.17. The third kappa shape index (κ3) is 4.18. The van der Waals surface area contributed by atoms with Crippen molar-refractivity contribution in [2.45, 2.75) is 39.8 Å². The van der Waals surface area contributed by atoms with Crippen molar-refractivity contribution in [3.8, 4) is 0 Å². The number of aryl methyl sites for hydroxylation is 1. The van der Waals surface area contributed by atoms with E-state index in [1.54, 1.807) is 6.20 Å². The van der Waals surface area contributed by atoms with Crippen LogP contribution in [0.4, 0.5) is 4.39 Å². The SMILES string of the molecule is CCCCNCc1cnn(CC)c1F.Cl. The zero-order chi connectivity index (χ0) is 10.4. The first-order chi connectivity index (χ1) is 6.79. The highest BCUT2D eigenvalue weighted by Gasteiger charge is 2.07. The van der Waals surface area contributed by atoms with Crippen LogP contribution < -0.4 is 5.32 Å². The van der Waals surface area contributed by atoms with Crippen LogP contribution in [0.2, 0.25) is 0 Å². The number of hydrogen-bond acceptors (Lipinski definition) is 2. The summed E-state index contributed by atoms with van der Waals surface area (Å²) in [5.41, 5.74) is 0.656. The summed E-state index contributed by atoms with van der Waals surface area (Å²) < 4.78 is 14.8. The summed E-state index contributed by atoms with van der Waals surface area (Å²) in [6, 6.07) is 0. The summed E-state index contributed by atoms with van der Waals surface area (Å²) in [5.74, 6) is -0.212. The number of hydrogen-bond donors (Lipinski definition) is 1. The monoisotopic (exact) mass is 235 g/mol. The van der Waals surface area contributed by atoms with Crippen LogP contribution >= 0.6 is 12.4 Å². The zero-order valence-electron chi connectivity index (χ0n) is 9.29. The van der Waals surface area contributed by atoms with Crippen LogP contribution in [-0.2, 0) is 13.1 Å². The second kappa shape index (κ2) is 7.65. The van der Waals surface area contributed by atoms with E-state index in [0.29, 0.717) is 18.7 Å². The number of aromatic nitrogens is 2. The maximum absolute atomic E-state index is 13.4. The molecule has 0 saturated carbocycles. The van der Waals surface area contributed by atoms with E-state index in [0.717, 1.165) is 19.4 Å². The molecular formula is C10H19ClFN3. The number of halogens is 2.